The minimum Gasteiger partial charge on any atom is -0.378 e. The number of thioether (sulfide) groups is 1. The first-order valence-corrected chi connectivity index (χ1v) is 10.7. The molecule has 0 saturated carbocycles. The SMILES string of the molecule is O=C(C[C@@H]1COCCN1Cc1cccc(-n2cccn2)c1)N1CCSCC1. The van der Waals surface area contributed by atoms with Gasteiger partial charge in [0.2, 0.25) is 5.91 Å². The Hall–Kier alpha value is -1.83. The lowest BCUT2D eigenvalue weighted by Crippen LogP contribution is -2.48. The van der Waals surface area contributed by atoms with Crippen molar-refractivity contribution in [2.75, 3.05) is 44.4 Å². The highest BCUT2D eigenvalue weighted by molar-refractivity contribution is 7.99. The molecule has 2 aromatic rings. The number of hydrogen-bond donors (Lipinski definition) is 0. The van der Waals surface area contributed by atoms with E-state index in [0.29, 0.717) is 13.0 Å². The molecule has 1 aromatic heterocycles. The van der Waals surface area contributed by atoms with Gasteiger partial charge in [-0.05, 0) is 23.8 Å². The van der Waals surface area contributed by atoms with E-state index in [2.05, 4.69) is 34.3 Å². The van der Waals surface area contributed by atoms with Crippen molar-refractivity contribution in [2.24, 2.45) is 0 Å². The third kappa shape index (κ3) is 4.72. The monoisotopic (exact) mass is 386 g/mol. The quantitative estimate of drug-likeness (QED) is 0.787. The topological polar surface area (TPSA) is 50.6 Å². The van der Waals surface area contributed by atoms with E-state index < -0.39 is 0 Å². The molecule has 1 aromatic carbocycles. The van der Waals surface area contributed by atoms with Crippen LogP contribution in [-0.4, -0.2) is 75.9 Å². The van der Waals surface area contributed by atoms with Crippen LogP contribution in [0.1, 0.15) is 12.0 Å². The summed E-state index contributed by atoms with van der Waals surface area (Å²) in [4.78, 5) is 17.1. The summed E-state index contributed by atoms with van der Waals surface area (Å²) in [5, 5.41) is 4.31. The fraction of sp³-hybridized carbons (Fsp3) is 0.500. The van der Waals surface area contributed by atoms with Crippen LogP contribution in [0.3, 0.4) is 0 Å². The summed E-state index contributed by atoms with van der Waals surface area (Å²) in [6.45, 7) is 4.80. The Kier molecular flexibility index (Phi) is 6.11. The molecule has 2 aliphatic rings. The second-order valence-corrected chi connectivity index (χ2v) is 8.24. The zero-order chi connectivity index (χ0) is 18.5. The van der Waals surface area contributed by atoms with Gasteiger partial charge >= 0.3 is 0 Å². The van der Waals surface area contributed by atoms with Crippen molar-refractivity contribution in [1.82, 2.24) is 19.6 Å². The molecule has 0 bridgehead atoms. The number of amides is 1. The summed E-state index contributed by atoms with van der Waals surface area (Å²) in [5.74, 6) is 2.37. The molecule has 2 saturated heterocycles. The molecular weight excluding hydrogens is 360 g/mol. The van der Waals surface area contributed by atoms with Crippen LogP contribution < -0.4 is 0 Å². The second-order valence-electron chi connectivity index (χ2n) is 7.02. The summed E-state index contributed by atoms with van der Waals surface area (Å²) >= 11 is 1.93. The van der Waals surface area contributed by atoms with Crippen molar-refractivity contribution in [3.05, 3.63) is 48.3 Å². The van der Waals surface area contributed by atoms with Crippen LogP contribution in [0.2, 0.25) is 0 Å². The van der Waals surface area contributed by atoms with Crippen molar-refractivity contribution >= 4 is 17.7 Å². The van der Waals surface area contributed by atoms with E-state index >= 15 is 0 Å². The van der Waals surface area contributed by atoms with Crippen molar-refractivity contribution < 1.29 is 9.53 Å². The van der Waals surface area contributed by atoms with E-state index in [0.717, 1.165) is 50.0 Å². The van der Waals surface area contributed by atoms with Gasteiger partial charge in [0.05, 0.1) is 18.9 Å². The number of carbonyl (C=O) groups excluding carboxylic acids is 1. The highest BCUT2D eigenvalue weighted by Gasteiger charge is 2.28. The van der Waals surface area contributed by atoms with Crippen molar-refractivity contribution in [3.63, 3.8) is 0 Å². The first kappa shape index (κ1) is 18.5. The zero-order valence-electron chi connectivity index (χ0n) is 15.5. The highest BCUT2D eigenvalue weighted by atomic mass is 32.2. The Morgan fingerprint density at radius 1 is 1.22 bits per heavy atom. The van der Waals surface area contributed by atoms with Gasteiger partial charge in [-0.15, -0.1) is 0 Å². The van der Waals surface area contributed by atoms with Crippen LogP contribution in [0, 0.1) is 0 Å². The maximum absolute atomic E-state index is 12.7. The predicted molar refractivity (Wildman–Crippen MR) is 107 cm³/mol. The molecule has 1 amide bonds. The summed E-state index contributed by atoms with van der Waals surface area (Å²) in [7, 11) is 0. The fourth-order valence-electron chi connectivity index (χ4n) is 3.68. The van der Waals surface area contributed by atoms with Gasteiger partial charge in [-0.25, -0.2) is 4.68 Å². The predicted octanol–water partition coefficient (Wildman–Crippen LogP) is 2.04. The van der Waals surface area contributed by atoms with E-state index in [1.54, 1.807) is 6.20 Å². The van der Waals surface area contributed by atoms with Crippen LogP contribution in [0.4, 0.5) is 0 Å². The second kappa shape index (κ2) is 8.91. The number of hydrogen-bond acceptors (Lipinski definition) is 5. The van der Waals surface area contributed by atoms with Crippen LogP contribution in [0.5, 0.6) is 0 Å². The largest absolute Gasteiger partial charge is 0.378 e. The lowest BCUT2D eigenvalue weighted by atomic mass is 10.1. The van der Waals surface area contributed by atoms with Crippen LogP contribution in [0.15, 0.2) is 42.7 Å². The Balaban J connectivity index is 1.42. The zero-order valence-corrected chi connectivity index (χ0v) is 16.3. The summed E-state index contributed by atoms with van der Waals surface area (Å²) in [6.07, 6.45) is 4.28. The van der Waals surface area contributed by atoms with Gasteiger partial charge in [0.1, 0.15) is 0 Å². The maximum Gasteiger partial charge on any atom is 0.224 e. The Morgan fingerprint density at radius 3 is 2.93 bits per heavy atom. The van der Waals surface area contributed by atoms with Gasteiger partial charge in [-0.3, -0.25) is 9.69 Å². The Morgan fingerprint density at radius 2 is 2.11 bits per heavy atom. The maximum atomic E-state index is 12.7. The van der Waals surface area contributed by atoms with Crippen LogP contribution >= 0.6 is 11.8 Å². The summed E-state index contributed by atoms with van der Waals surface area (Å²) < 4.78 is 7.56. The molecule has 0 aliphatic carbocycles. The lowest BCUT2D eigenvalue weighted by Gasteiger charge is -2.37. The van der Waals surface area contributed by atoms with Gasteiger partial charge in [-0.1, -0.05) is 12.1 Å². The minimum absolute atomic E-state index is 0.147. The van der Waals surface area contributed by atoms with E-state index in [1.807, 2.05) is 33.6 Å². The van der Waals surface area contributed by atoms with E-state index in [9.17, 15) is 4.79 Å². The van der Waals surface area contributed by atoms with Gasteiger partial charge < -0.3 is 9.64 Å². The van der Waals surface area contributed by atoms with Crippen molar-refractivity contribution in [3.8, 4) is 5.69 Å². The standard InChI is InChI=1S/C20H26N4O2S/c25-20(22-8-11-27-12-9-22)14-19-16-26-10-7-23(19)15-17-3-1-4-18(13-17)24-6-2-5-21-24/h1-6,13,19H,7-12,14-16H2/t19-/m1/s1. The normalized spacial score (nSPS) is 21.3. The number of benzene rings is 1. The molecule has 144 valence electrons. The third-order valence-corrected chi connectivity index (χ3v) is 6.13. The fourth-order valence-corrected chi connectivity index (χ4v) is 4.59. The molecule has 27 heavy (non-hydrogen) atoms. The minimum atomic E-state index is 0.147. The average Bonchev–Trinajstić information content (AvgIpc) is 3.25. The number of nitrogens with zero attached hydrogens (tertiary/aromatic N) is 4. The number of morpholine rings is 1. The molecule has 0 spiro atoms. The molecule has 2 fully saturated rings. The van der Waals surface area contributed by atoms with Crippen LogP contribution in [0.25, 0.3) is 5.69 Å². The molecule has 6 nitrogen and oxygen atoms in total. The van der Waals surface area contributed by atoms with E-state index in [-0.39, 0.29) is 11.9 Å². The summed E-state index contributed by atoms with van der Waals surface area (Å²) in [5.41, 5.74) is 2.29. The van der Waals surface area contributed by atoms with Gasteiger partial charge in [0, 0.05) is 62.5 Å². The number of ether oxygens (including phenoxy) is 1. The molecule has 4 rings (SSSR count). The lowest BCUT2D eigenvalue weighted by molar-refractivity contribution is -0.134. The van der Waals surface area contributed by atoms with Gasteiger partial charge in [-0.2, -0.15) is 16.9 Å². The number of rotatable bonds is 5. The van der Waals surface area contributed by atoms with Gasteiger partial charge in [0.15, 0.2) is 0 Å². The van der Waals surface area contributed by atoms with E-state index in [1.165, 1.54) is 5.56 Å². The molecule has 0 unspecified atom stereocenters. The molecule has 3 heterocycles. The average molecular weight is 387 g/mol. The Bertz CT molecular complexity index is 746. The first-order chi connectivity index (χ1) is 13.3. The smallest absolute Gasteiger partial charge is 0.224 e. The molecule has 0 N–H and O–H groups in total. The summed E-state index contributed by atoms with van der Waals surface area (Å²) in [6, 6.07) is 10.5. The van der Waals surface area contributed by atoms with Crippen molar-refractivity contribution in [1.29, 1.82) is 0 Å². The number of carbonyl (C=O) groups is 1. The van der Waals surface area contributed by atoms with Gasteiger partial charge in [0.25, 0.3) is 0 Å². The molecule has 0 radical (unpaired) electrons. The molecular formula is C20H26N4O2S. The molecule has 2 aliphatic heterocycles. The molecule has 1 atom stereocenters. The highest BCUT2D eigenvalue weighted by Crippen LogP contribution is 2.19. The number of aromatic nitrogens is 2. The third-order valence-electron chi connectivity index (χ3n) is 5.19. The first-order valence-electron chi connectivity index (χ1n) is 9.56. The van der Waals surface area contributed by atoms with Crippen LogP contribution in [-0.2, 0) is 16.1 Å². The van der Waals surface area contributed by atoms with E-state index in [4.69, 9.17) is 4.74 Å². The molecule has 7 heteroatoms. The van der Waals surface area contributed by atoms with Crippen molar-refractivity contribution in [2.45, 2.75) is 19.0 Å². The Labute approximate surface area is 164 Å².